The molecule has 0 aromatic heterocycles. The molecule has 8 nitrogen and oxygen atoms in total. The molecule has 0 rings (SSSR count). The number of hydrogen-bond donors (Lipinski definition) is 4. The highest BCUT2D eigenvalue weighted by molar-refractivity contribution is 5.77. The van der Waals surface area contributed by atoms with Crippen molar-refractivity contribution >= 4 is 17.9 Å². The van der Waals surface area contributed by atoms with Gasteiger partial charge in [-0.05, 0) is 6.92 Å². The number of carbonyl (C=O) groups excluding carboxylic acids is 2. The summed E-state index contributed by atoms with van der Waals surface area (Å²) in [4.78, 5) is 31.8. The maximum atomic E-state index is 11.2. The second-order valence-corrected chi connectivity index (χ2v) is 3.42. The molecule has 0 aromatic carbocycles. The van der Waals surface area contributed by atoms with Crippen LogP contribution in [0.4, 0.5) is 4.79 Å². The third-order valence-corrected chi connectivity index (χ3v) is 1.64. The van der Waals surface area contributed by atoms with Gasteiger partial charge in [-0.1, -0.05) is 0 Å². The van der Waals surface area contributed by atoms with Crippen LogP contribution in [0.25, 0.3) is 0 Å². The Kier molecular flexibility index (Phi) is 7.44. The summed E-state index contributed by atoms with van der Waals surface area (Å²) < 4.78 is 4.70. The number of amides is 3. The Bertz CT molecular complexity index is 282. The largest absolute Gasteiger partial charge is 0.480 e. The molecular weight excluding hydrogens is 230 g/mol. The summed E-state index contributed by atoms with van der Waals surface area (Å²) in [7, 11) is 0. The van der Waals surface area contributed by atoms with Gasteiger partial charge in [0.25, 0.3) is 0 Å². The van der Waals surface area contributed by atoms with E-state index in [1.54, 1.807) is 6.92 Å². The zero-order chi connectivity index (χ0) is 13.3. The minimum Gasteiger partial charge on any atom is -0.480 e. The predicted molar refractivity (Wildman–Crippen MR) is 58.3 cm³/mol. The number of carboxylic acid groups (broad SMARTS) is 1. The molecule has 1 unspecified atom stereocenters. The molecule has 0 aliphatic heterocycles. The van der Waals surface area contributed by atoms with Crippen molar-refractivity contribution in [3.63, 3.8) is 0 Å². The molecule has 0 heterocycles. The molecule has 1 atom stereocenters. The van der Waals surface area contributed by atoms with Gasteiger partial charge in [-0.3, -0.25) is 4.79 Å². The number of aliphatic carboxylic acids is 1. The van der Waals surface area contributed by atoms with E-state index in [1.165, 1.54) is 0 Å². The van der Waals surface area contributed by atoms with Gasteiger partial charge in [0.05, 0.1) is 6.61 Å². The normalized spacial score (nSPS) is 11.6. The molecule has 98 valence electrons. The maximum absolute atomic E-state index is 11.2. The van der Waals surface area contributed by atoms with E-state index in [1.807, 2.05) is 0 Å². The minimum absolute atomic E-state index is 0.0585. The summed E-state index contributed by atoms with van der Waals surface area (Å²) in [5, 5.41) is 13.2. The van der Waals surface area contributed by atoms with Crippen LogP contribution in [0.2, 0.25) is 0 Å². The van der Waals surface area contributed by atoms with Gasteiger partial charge >= 0.3 is 12.0 Å². The fraction of sp³-hybridized carbons (Fsp3) is 0.667. The molecule has 0 aliphatic rings. The molecular formula is C9H17N3O5. The van der Waals surface area contributed by atoms with E-state index < -0.39 is 24.5 Å². The zero-order valence-corrected chi connectivity index (χ0v) is 9.56. The Morgan fingerprint density at radius 2 is 2.06 bits per heavy atom. The summed E-state index contributed by atoms with van der Waals surface area (Å²) >= 11 is 0. The molecule has 0 saturated heterocycles. The first-order valence-corrected chi connectivity index (χ1v) is 5.04. The highest BCUT2D eigenvalue weighted by Crippen LogP contribution is 1.88. The number of carbonyl (C=O) groups is 3. The molecule has 17 heavy (non-hydrogen) atoms. The number of rotatable bonds is 8. The molecule has 0 aromatic rings. The molecule has 0 aliphatic carbocycles. The van der Waals surface area contributed by atoms with E-state index in [0.29, 0.717) is 0 Å². The Hall–Kier alpha value is -1.83. The molecule has 3 amide bonds. The lowest BCUT2D eigenvalue weighted by atomic mass is 10.2. The van der Waals surface area contributed by atoms with Crippen molar-refractivity contribution in [1.82, 2.24) is 10.6 Å². The minimum atomic E-state index is -1.07. The number of carboxylic acids is 1. The van der Waals surface area contributed by atoms with Gasteiger partial charge < -0.3 is 26.2 Å². The van der Waals surface area contributed by atoms with E-state index in [2.05, 4.69) is 10.6 Å². The van der Waals surface area contributed by atoms with Crippen LogP contribution in [0.5, 0.6) is 0 Å². The van der Waals surface area contributed by atoms with Crippen LogP contribution in [-0.4, -0.2) is 48.8 Å². The van der Waals surface area contributed by atoms with Crippen LogP contribution in [0.1, 0.15) is 13.3 Å². The third-order valence-electron chi connectivity index (χ3n) is 1.64. The fourth-order valence-electron chi connectivity index (χ4n) is 1.02. The van der Waals surface area contributed by atoms with Crippen molar-refractivity contribution in [3.05, 3.63) is 0 Å². The van der Waals surface area contributed by atoms with Gasteiger partial charge in [0.2, 0.25) is 5.91 Å². The number of nitrogens with two attached hydrogens (primary N) is 1. The van der Waals surface area contributed by atoms with Crippen LogP contribution in [0, 0.1) is 0 Å². The smallest absolute Gasteiger partial charge is 0.329 e. The molecule has 5 N–H and O–H groups in total. The van der Waals surface area contributed by atoms with Crippen LogP contribution >= 0.6 is 0 Å². The summed E-state index contributed by atoms with van der Waals surface area (Å²) in [5.74, 6) is -1.56. The monoisotopic (exact) mass is 247 g/mol. The second-order valence-electron chi connectivity index (χ2n) is 3.42. The van der Waals surface area contributed by atoms with Gasteiger partial charge in [-0.25, -0.2) is 9.59 Å². The van der Waals surface area contributed by atoms with Gasteiger partial charge in [-0.15, -0.1) is 0 Å². The fourth-order valence-corrected chi connectivity index (χ4v) is 1.02. The van der Waals surface area contributed by atoms with Crippen LogP contribution in [-0.2, 0) is 14.3 Å². The van der Waals surface area contributed by atoms with Crippen molar-refractivity contribution in [2.75, 3.05) is 19.8 Å². The lowest BCUT2D eigenvalue weighted by Gasteiger charge is -2.12. The first-order valence-electron chi connectivity index (χ1n) is 5.04. The second kappa shape index (κ2) is 8.34. The highest BCUT2D eigenvalue weighted by Gasteiger charge is 2.08. The van der Waals surface area contributed by atoms with Crippen LogP contribution in [0.15, 0.2) is 0 Å². The number of primary amides is 1. The Labute approximate surface area is 98.5 Å². The quantitative estimate of drug-likeness (QED) is 0.394. The van der Waals surface area contributed by atoms with Crippen LogP contribution in [0.3, 0.4) is 0 Å². The van der Waals surface area contributed by atoms with Crippen molar-refractivity contribution in [2.24, 2.45) is 5.73 Å². The average molecular weight is 247 g/mol. The molecule has 0 spiro atoms. The molecule has 8 heteroatoms. The van der Waals surface area contributed by atoms with Gasteiger partial charge in [0, 0.05) is 19.0 Å². The van der Waals surface area contributed by atoms with E-state index in [0.717, 1.165) is 0 Å². The van der Waals surface area contributed by atoms with Crippen molar-refractivity contribution in [1.29, 1.82) is 0 Å². The van der Waals surface area contributed by atoms with Crippen molar-refractivity contribution in [3.8, 4) is 0 Å². The van der Waals surface area contributed by atoms with E-state index in [-0.39, 0.29) is 25.6 Å². The number of hydrogen-bond acceptors (Lipinski definition) is 4. The van der Waals surface area contributed by atoms with E-state index in [9.17, 15) is 14.4 Å². The molecule has 0 saturated carbocycles. The lowest BCUT2D eigenvalue weighted by molar-refractivity contribution is -0.142. The molecule has 0 fully saturated rings. The third kappa shape index (κ3) is 10.5. The van der Waals surface area contributed by atoms with Crippen molar-refractivity contribution in [2.45, 2.75) is 19.4 Å². The number of nitrogens with one attached hydrogen (secondary N) is 2. The first kappa shape index (κ1) is 15.2. The summed E-state index contributed by atoms with van der Waals surface area (Å²) in [5.41, 5.74) is 4.95. The molecule has 0 radical (unpaired) electrons. The summed E-state index contributed by atoms with van der Waals surface area (Å²) in [6, 6.07) is -0.815. The van der Waals surface area contributed by atoms with Crippen LogP contribution < -0.4 is 16.4 Å². The Balaban J connectivity index is 3.52. The van der Waals surface area contributed by atoms with Crippen molar-refractivity contribution < 1.29 is 24.2 Å². The molecule has 0 bridgehead atoms. The van der Waals surface area contributed by atoms with Gasteiger partial charge in [-0.2, -0.15) is 0 Å². The van der Waals surface area contributed by atoms with Gasteiger partial charge in [0.1, 0.15) is 6.61 Å². The average Bonchev–Trinajstić information content (AvgIpc) is 2.14. The maximum Gasteiger partial charge on any atom is 0.329 e. The van der Waals surface area contributed by atoms with E-state index >= 15 is 0 Å². The topological polar surface area (TPSA) is 131 Å². The summed E-state index contributed by atoms with van der Waals surface area (Å²) in [6.45, 7) is 1.53. The highest BCUT2D eigenvalue weighted by atomic mass is 16.5. The predicted octanol–water partition coefficient (Wildman–Crippen LogP) is -1.35. The first-order chi connectivity index (χ1) is 7.91. The SMILES string of the molecule is CC(CC(N)=O)NC(=O)NCCOCC(=O)O. The Morgan fingerprint density at radius 3 is 2.59 bits per heavy atom. The zero-order valence-electron chi connectivity index (χ0n) is 9.56. The Morgan fingerprint density at radius 1 is 1.41 bits per heavy atom. The van der Waals surface area contributed by atoms with Gasteiger partial charge in [0.15, 0.2) is 0 Å². The number of ether oxygens (including phenoxy) is 1. The number of urea groups is 1. The standard InChI is InChI=1S/C9H17N3O5/c1-6(4-7(10)13)12-9(16)11-2-3-17-5-8(14)15/h6H,2-5H2,1H3,(H2,10,13)(H,14,15)(H2,11,12,16). The summed E-state index contributed by atoms with van der Waals surface area (Å²) in [6.07, 6.45) is 0.0585. The van der Waals surface area contributed by atoms with E-state index in [4.69, 9.17) is 15.6 Å². The lowest BCUT2D eigenvalue weighted by Crippen LogP contribution is -2.43.